The van der Waals surface area contributed by atoms with E-state index >= 15 is 0 Å². The number of hydrogen-bond donors (Lipinski definition) is 3. The van der Waals surface area contributed by atoms with Crippen molar-refractivity contribution in [2.24, 2.45) is 0 Å². The van der Waals surface area contributed by atoms with Crippen molar-refractivity contribution in [1.82, 2.24) is 19.7 Å². The van der Waals surface area contributed by atoms with Crippen molar-refractivity contribution in [1.29, 1.82) is 0 Å². The van der Waals surface area contributed by atoms with E-state index in [1.54, 1.807) is 12.1 Å². The molecule has 0 bridgehead atoms. The molecule has 0 aliphatic carbocycles. The largest absolute Gasteiger partial charge is 0.507 e. The second-order valence-corrected chi connectivity index (χ2v) is 6.72. The van der Waals surface area contributed by atoms with Gasteiger partial charge in [-0.3, -0.25) is 9.55 Å². The Morgan fingerprint density at radius 2 is 2.00 bits per heavy atom. The highest BCUT2D eigenvalue weighted by Gasteiger charge is 2.20. The summed E-state index contributed by atoms with van der Waals surface area (Å²) in [6.07, 6.45) is 1.83. The molecule has 0 aliphatic heterocycles. The van der Waals surface area contributed by atoms with E-state index in [2.05, 4.69) is 33.1 Å². The highest BCUT2D eigenvalue weighted by Crippen LogP contribution is 2.35. The summed E-state index contributed by atoms with van der Waals surface area (Å²) < 4.78 is 1.85. The number of anilines is 2. The van der Waals surface area contributed by atoms with Gasteiger partial charge in [-0.1, -0.05) is 12.6 Å². The van der Waals surface area contributed by atoms with Gasteiger partial charge in [0.1, 0.15) is 5.75 Å². The second kappa shape index (κ2) is 6.70. The number of phenolic OH excluding ortho intramolecular Hbond substituents is 1. The minimum absolute atomic E-state index is 0.0325. The van der Waals surface area contributed by atoms with Gasteiger partial charge < -0.3 is 16.2 Å². The fraction of sp³-hybridized carbons (Fsp3) is 0.0952. The molecule has 7 heteroatoms. The van der Waals surface area contributed by atoms with E-state index in [0.29, 0.717) is 23.0 Å². The summed E-state index contributed by atoms with van der Waals surface area (Å²) in [4.78, 5) is 4.52. The lowest BCUT2D eigenvalue weighted by Gasteiger charge is -2.15. The number of allylic oxidation sites excluding steroid dienone is 1. The molecule has 0 saturated carbocycles. The highest BCUT2D eigenvalue weighted by atomic mass is 16.3. The van der Waals surface area contributed by atoms with E-state index in [-0.39, 0.29) is 5.75 Å². The summed E-state index contributed by atoms with van der Waals surface area (Å²) in [6.45, 7) is 7.74. The number of nitrogens with zero attached hydrogens (tertiary/aromatic N) is 4. The molecule has 7 nitrogen and oxygen atoms in total. The smallest absolute Gasteiger partial charge is 0.233 e. The quantitative estimate of drug-likeness (QED) is 0.468. The molecule has 0 saturated heterocycles. The Balaban J connectivity index is 2.04. The topological polar surface area (TPSA) is 102 Å². The molecule has 140 valence electrons. The number of nitrogen functional groups attached to an aromatic ring is 1. The van der Waals surface area contributed by atoms with Gasteiger partial charge in [-0.25, -0.2) is 0 Å². The lowest BCUT2D eigenvalue weighted by molar-refractivity contribution is 0.477. The van der Waals surface area contributed by atoms with E-state index in [0.717, 1.165) is 27.9 Å². The third-order valence-electron chi connectivity index (χ3n) is 4.33. The van der Waals surface area contributed by atoms with E-state index < -0.39 is 0 Å². The van der Waals surface area contributed by atoms with Crippen molar-refractivity contribution in [3.63, 3.8) is 0 Å². The minimum Gasteiger partial charge on any atom is -0.507 e. The van der Waals surface area contributed by atoms with Gasteiger partial charge >= 0.3 is 0 Å². The molecule has 0 unspecified atom stereocenters. The molecular formula is C21H20N6O. The minimum atomic E-state index is 0.0325. The van der Waals surface area contributed by atoms with Crippen LogP contribution in [-0.4, -0.2) is 24.9 Å². The number of hydrogen-bond acceptors (Lipinski definition) is 6. The number of phenols is 1. The number of fused-ring (bicyclic) bond motifs is 1. The van der Waals surface area contributed by atoms with Crippen LogP contribution in [0.4, 0.5) is 11.6 Å². The molecule has 4 aromatic rings. The van der Waals surface area contributed by atoms with Gasteiger partial charge in [-0.2, -0.15) is 0 Å². The van der Waals surface area contributed by atoms with Gasteiger partial charge in [0.15, 0.2) is 5.82 Å². The fourth-order valence-corrected chi connectivity index (χ4v) is 3.13. The molecule has 0 atom stereocenters. The average Bonchev–Trinajstić information content (AvgIpc) is 3.03. The van der Waals surface area contributed by atoms with Crippen LogP contribution in [0.25, 0.3) is 28.0 Å². The van der Waals surface area contributed by atoms with Crippen molar-refractivity contribution >= 4 is 22.5 Å². The zero-order chi connectivity index (χ0) is 19.8. The van der Waals surface area contributed by atoms with Crippen LogP contribution >= 0.6 is 0 Å². The number of aromatic nitrogens is 4. The Hall–Kier alpha value is -3.87. The van der Waals surface area contributed by atoms with Gasteiger partial charge in [0, 0.05) is 29.0 Å². The molecule has 0 spiro atoms. The molecule has 4 rings (SSSR count). The van der Waals surface area contributed by atoms with E-state index in [9.17, 15) is 5.11 Å². The maximum atomic E-state index is 10.5. The fourth-order valence-electron chi connectivity index (χ4n) is 3.13. The third-order valence-corrected chi connectivity index (χ3v) is 4.33. The first-order valence-corrected chi connectivity index (χ1v) is 8.76. The summed E-state index contributed by atoms with van der Waals surface area (Å²) in [6, 6.07) is 12.9. The Kier molecular flexibility index (Phi) is 4.19. The molecule has 2 heterocycles. The van der Waals surface area contributed by atoms with Crippen molar-refractivity contribution < 1.29 is 5.11 Å². The van der Waals surface area contributed by atoms with Gasteiger partial charge in [-0.05, 0) is 49.7 Å². The summed E-state index contributed by atoms with van der Waals surface area (Å²) >= 11 is 0. The zero-order valence-corrected chi connectivity index (χ0v) is 15.6. The van der Waals surface area contributed by atoms with Crippen LogP contribution in [0.1, 0.15) is 12.5 Å². The summed E-state index contributed by atoms with van der Waals surface area (Å²) in [5.41, 5.74) is 10.2. The molecule has 0 radical (unpaired) electrons. The zero-order valence-electron chi connectivity index (χ0n) is 15.6. The molecule has 0 fully saturated rings. The van der Waals surface area contributed by atoms with E-state index in [1.165, 1.54) is 6.07 Å². The highest BCUT2D eigenvalue weighted by molar-refractivity contribution is 5.89. The number of aromatic hydroxyl groups is 1. The Morgan fingerprint density at radius 1 is 1.18 bits per heavy atom. The monoisotopic (exact) mass is 372 g/mol. The summed E-state index contributed by atoms with van der Waals surface area (Å²) in [5, 5.41) is 23.1. The van der Waals surface area contributed by atoms with Crippen LogP contribution in [0.5, 0.6) is 5.75 Å². The number of aryl methyl sites for hydroxylation is 1. The maximum absolute atomic E-state index is 10.5. The third kappa shape index (κ3) is 3.03. The van der Waals surface area contributed by atoms with E-state index in [4.69, 9.17) is 5.73 Å². The van der Waals surface area contributed by atoms with Crippen LogP contribution < -0.4 is 11.1 Å². The lowest BCUT2D eigenvalue weighted by Crippen LogP contribution is -2.06. The van der Waals surface area contributed by atoms with Crippen LogP contribution in [0.3, 0.4) is 0 Å². The molecule has 0 amide bonds. The van der Waals surface area contributed by atoms with Crippen LogP contribution in [0.15, 0.2) is 60.9 Å². The number of benzene rings is 2. The first-order chi connectivity index (χ1) is 13.4. The van der Waals surface area contributed by atoms with Crippen molar-refractivity contribution in [2.45, 2.75) is 13.8 Å². The number of pyridine rings is 1. The SMILES string of the molecule is C=C(C)Nc1nnc(-c2ccc(N)cc2O)n1-c1cccc2ncc(C)cc12. The molecule has 28 heavy (non-hydrogen) atoms. The van der Waals surface area contributed by atoms with Crippen LogP contribution in [-0.2, 0) is 0 Å². The molecule has 2 aromatic carbocycles. The summed E-state index contributed by atoms with van der Waals surface area (Å²) in [5.74, 6) is 1.01. The average molecular weight is 372 g/mol. The first kappa shape index (κ1) is 17.5. The normalized spacial score (nSPS) is 10.9. The predicted molar refractivity (Wildman–Crippen MR) is 111 cm³/mol. The number of nitrogens with two attached hydrogens (primary N) is 1. The Labute approximate surface area is 162 Å². The maximum Gasteiger partial charge on any atom is 0.233 e. The molecule has 2 aromatic heterocycles. The van der Waals surface area contributed by atoms with Gasteiger partial charge in [-0.15, -0.1) is 10.2 Å². The van der Waals surface area contributed by atoms with Crippen molar-refractivity contribution in [3.8, 4) is 22.8 Å². The first-order valence-electron chi connectivity index (χ1n) is 8.76. The second-order valence-electron chi connectivity index (χ2n) is 6.72. The van der Waals surface area contributed by atoms with Crippen LogP contribution in [0.2, 0.25) is 0 Å². The van der Waals surface area contributed by atoms with Crippen molar-refractivity contribution in [3.05, 3.63) is 66.5 Å². The van der Waals surface area contributed by atoms with Gasteiger partial charge in [0.25, 0.3) is 0 Å². The number of rotatable bonds is 4. The van der Waals surface area contributed by atoms with E-state index in [1.807, 2.05) is 42.8 Å². The molecule has 4 N–H and O–H groups in total. The molecular weight excluding hydrogens is 352 g/mol. The Bertz CT molecular complexity index is 1210. The summed E-state index contributed by atoms with van der Waals surface area (Å²) in [7, 11) is 0. The predicted octanol–water partition coefficient (Wildman–Crippen LogP) is 4.02. The standard InChI is InChI=1S/C21H20N6O/c1-12(2)24-21-26-25-20(15-8-7-14(22)10-19(15)28)27(21)18-6-4-5-17-16(18)9-13(3)11-23-17/h4-11,28H,1,22H2,2-3H3,(H,24,26). The van der Waals surface area contributed by atoms with Crippen LogP contribution in [0, 0.1) is 6.92 Å². The van der Waals surface area contributed by atoms with Gasteiger partial charge in [0.05, 0.1) is 16.8 Å². The number of nitrogens with one attached hydrogen (secondary N) is 1. The lowest BCUT2D eigenvalue weighted by atomic mass is 10.1. The molecule has 0 aliphatic rings. The van der Waals surface area contributed by atoms with Gasteiger partial charge in [0.2, 0.25) is 5.95 Å². The van der Waals surface area contributed by atoms with Crippen molar-refractivity contribution in [2.75, 3.05) is 11.1 Å². The Morgan fingerprint density at radius 3 is 2.75 bits per heavy atom.